The second-order valence-electron chi connectivity index (χ2n) is 6.42. The highest BCUT2D eigenvalue weighted by atomic mass is 32.2. The Balaban J connectivity index is 1.86. The Labute approximate surface area is 139 Å². The smallest absolute Gasteiger partial charge is 0.335 e. The average molecular weight is 356 g/mol. The summed E-state index contributed by atoms with van der Waals surface area (Å²) in [7, 11) is -3.33. The van der Waals surface area contributed by atoms with E-state index in [-0.39, 0.29) is 28.6 Å². The number of hydrogen-bond acceptors (Lipinski definition) is 3. The fourth-order valence-electron chi connectivity index (χ4n) is 3.03. The lowest BCUT2D eigenvalue weighted by Gasteiger charge is -2.08. The highest BCUT2D eigenvalue weighted by molar-refractivity contribution is 7.92. The summed E-state index contributed by atoms with van der Waals surface area (Å²) in [5, 5.41) is 9.04. The van der Waals surface area contributed by atoms with Crippen molar-refractivity contribution in [3.8, 4) is 0 Å². The molecule has 0 radical (unpaired) electrons. The van der Waals surface area contributed by atoms with E-state index in [0.29, 0.717) is 18.4 Å². The van der Waals surface area contributed by atoms with Crippen LogP contribution >= 0.6 is 0 Å². The van der Waals surface area contributed by atoms with Crippen molar-refractivity contribution in [1.29, 1.82) is 0 Å². The normalized spacial score (nSPS) is 28.1. The molecule has 0 heterocycles. The minimum atomic E-state index is -3.33. The molecular weight excluding hydrogens is 338 g/mol. The first kappa shape index (κ1) is 17.1. The van der Waals surface area contributed by atoms with Gasteiger partial charge in [0.25, 0.3) is 0 Å². The van der Waals surface area contributed by atoms with Crippen LogP contribution < -0.4 is 0 Å². The van der Waals surface area contributed by atoms with E-state index < -0.39 is 34.1 Å². The number of rotatable bonds is 5. The highest BCUT2D eigenvalue weighted by Gasteiger charge is 2.37. The number of carboxylic acids is 1. The second kappa shape index (κ2) is 6.27. The van der Waals surface area contributed by atoms with E-state index in [0.717, 1.165) is 0 Å². The standard InChI is InChI=1S/C17H18F2O4S/c18-15-8-10(9-16(15)19)7-14(17(20)21)11-1-3-12(4-2-11)24(22,23)13-5-6-13/h1-4,7,10,13,15-16H,5-6,8-9H2,(H,20,21)/b14-7+. The van der Waals surface area contributed by atoms with E-state index in [9.17, 15) is 27.1 Å². The fourth-order valence-corrected chi connectivity index (χ4v) is 4.68. The van der Waals surface area contributed by atoms with Gasteiger partial charge in [0.15, 0.2) is 9.84 Å². The quantitative estimate of drug-likeness (QED) is 0.823. The van der Waals surface area contributed by atoms with E-state index in [2.05, 4.69) is 0 Å². The molecule has 1 aromatic rings. The zero-order valence-corrected chi connectivity index (χ0v) is 13.7. The molecule has 2 saturated carbocycles. The molecule has 2 fully saturated rings. The molecule has 1 aromatic carbocycles. The molecule has 0 saturated heterocycles. The molecular formula is C17H18F2O4S. The zero-order chi connectivity index (χ0) is 17.5. The summed E-state index contributed by atoms with van der Waals surface area (Å²) in [6.07, 6.45) is -0.515. The number of benzene rings is 1. The summed E-state index contributed by atoms with van der Waals surface area (Å²) in [5.74, 6) is -1.68. The molecule has 24 heavy (non-hydrogen) atoms. The number of alkyl halides is 2. The first-order valence-corrected chi connectivity index (χ1v) is 9.41. The summed E-state index contributed by atoms with van der Waals surface area (Å²) >= 11 is 0. The van der Waals surface area contributed by atoms with E-state index >= 15 is 0 Å². The second-order valence-corrected chi connectivity index (χ2v) is 8.65. The Morgan fingerprint density at radius 1 is 1.08 bits per heavy atom. The molecule has 0 aromatic heterocycles. The van der Waals surface area contributed by atoms with Gasteiger partial charge in [0.2, 0.25) is 0 Å². The molecule has 2 aliphatic carbocycles. The number of sulfone groups is 1. The Hall–Kier alpha value is -1.76. The molecule has 1 N–H and O–H groups in total. The SMILES string of the molecule is O=C(O)/C(=C/C1CC(F)C(F)C1)c1ccc(S(=O)(=O)C2CC2)cc1. The average Bonchev–Trinajstić information content (AvgIpc) is 3.33. The van der Waals surface area contributed by atoms with Crippen LogP contribution in [0.15, 0.2) is 35.2 Å². The third-order valence-corrected chi connectivity index (χ3v) is 6.82. The predicted octanol–water partition coefficient (Wildman–Crippen LogP) is 3.18. The summed E-state index contributed by atoms with van der Waals surface area (Å²) < 4.78 is 50.8. The summed E-state index contributed by atoms with van der Waals surface area (Å²) in [6, 6.07) is 5.66. The molecule has 2 atom stereocenters. The molecule has 0 aliphatic heterocycles. The lowest BCUT2D eigenvalue weighted by atomic mass is 9.99. The third kappa shape index (κ3) is 3.36. The number of carbonyl (C=O) groups is 1. The van der Waals surface area contributed by atoms with Crippen LogP contribution in [0.5, 0.6) is 0 Å². The van der Waals surface area contributed by atoms with Crippen LogP contribution in [0.1, 0.15) is 31.2 Å². The van der Waals surface area contributed by atoms with Crippen LogP contribution in [0.3, 0.4) is 0 Å². The fraction of sp³-hybridized carbons (Fsp3) is 0.471. The Morgan fingerprint density at radius 2 is 1.62 bits per heavy atom. The van der Waals surface area contributed by atoms with E-state index in [1.165, 1.54) is 30.3 Å². The lowest BCUT2D eigenvalue weighted by Crippen LogP contribution is -2.08. The van der Waals surface area contributed by atoms with Gasteiger partial charge in [-0.15, -0.1) is 0 Å². The highest BCUT2D eigenvalue weighted by Crippen LogP contribution is 2.35. The van der Waals surface area contributed by atoms with Crippen molar-refractivity contribution in [2.24, 2.45) is 5.92 Å². The van der Waals surface area contributed by atoms with Crippen LogP contribution in [-0.2, 0) is 14.6 Å². The van der Waals surface area contributed by atoms with Gasteiger partial charge in [-0.1, -0.05) is 18.2 Å². The minimum absolute atomic E-state index is 0.0356. The Kier molecular flexibility index (Phi) is 4.46. The van der Waals surface area contributed by atoms with Crippen LogP contribution in [0.4, 0.5) is 8.78 Å². The number of allylic oxidation sites excluding steroid dienone is 1. The van der Waals surface area contributed by atoms with Crippen molar-refractivity contribution >= 4 is 21.4 Å². The van der Waals surface area contributed by atoms with Crippen LogP contribution in [0, 0.1) is 5.92 Å². The minimum Gasteiger partial charge on any atom is -0.478 e. The van der Waals surface area contributed by atoms with Gasteiger partial charge in [0.05, 0.1) is 15.7 Å². The number of carboxylic acid groups (broad SMARTS) is 1. The molecule has 130 valence electrons. The maximum absolute atomic E-state index is 13.3. The molecule has 2 unspecified atom stereocenters. The van der Waals surface area contributed by atoms with E-state index in [4.69, 9.17) is 0 Å². The summed E-state index contributed by atoms with van der Waals surface area (Å²) in [5.41, 5.74) is 0.270. The number of halogens is 2. The van der Waals surface area contributed by atoms with Crippen LogP contribution in [0.25, 0.3) is 5.57 Å². The first-order chi connectivity index (χ1) is 11.3. The van der Waals surface area contributed by atoms with Crippen molar-refractivity contribution in [3.63, 3.8) is 0 Å². The van der Waals surface area contributed by atoms with Gasteiger partial charge < -0.3 is 5.11 Å². The molecule has 2 aliphatic rings. The predicted molar refractivity (Wildman–Crippen MR) is 84.8 cm³/mol. The molecule has 7 heteroatoms. The summed E-state index contributed by atoms with van der Waals surface area (Å²) in [6.45, 7) is 0. The molecule has 4 nitrogen and oxygen atoms in total. The van der Waals surface area contributed by atoms with Gasteiger partial charge >= 0.3 is 5.97 Å². The topological polar surface area (TPSA) is 71.4 Å². The largest absolute Gasteiger partial charge is 0.478 e. The van der Waals surface area contributed by atoms with Gasteiger partial charge in [0.1, 0.15) is 12.3 Å². The molecule has 0 bridgehead atoms. The van der Waals surface area contributed by atoms with Crippen molar-refractivity contribution < 1.29 is 27.1 Å². The number of hydrogen-bond donors (Lipinski definition) is 1. The van der Waals surface area contributed by atoms with Crippen molar-refractivity contribution in [2.45, 2.75) is 48.2 Å². The van der Waals surface area contributed by atoms with Crippen molar-refractivity contribution in [1.82, 2.24) is 0 Å². The van der Waals surface area contributed by atoms with E-state index in [1.54, 1.807) is 0 Å². The maximum Gasteiger partial charge on any atom is 0.335 e. The van der Waals surface area contributed by atoms with Gasteiger partial charge in [0, 0.05) is 0 Å². The summed E-state index contributed by atoms with van der Waals surface area (Å²) in [4.78, 5) is 11.6. The monoisotopic (exact) mass is 356 g/mol. The van der Waals surface area contributed by atoms with Crippen LogP contribution in [0.2, 0.25) is 0 Å². The van der Waals surface area contributed by atoms with Crippen molar-refractivity contribution in [3.05, 3.63) is 35.9 Å². The number of aliphatic carboxylic acids is 1. The lowest BCUT2D eigenvalue weighted by molar-refractivity contribution is -0.130. The van der Waals surface area contributed by atoms with Gasteiger partial charge in [-0.25, -0.2) is 22.0 Å². The molecule has 3 rings (SSSR count). The first-order valence-electron chi connectivity index (χ1n) is 7.86. The molecule has 0 amide bonds. The van der Waals surface area contributed by atoms with Gasteiger partial charge in [-0.3, -0.25) is 0 Å². The van der Waals surface area contributed by atoms with E-state index in [1.807, 2.05) is 0 Å². The zero-order valence-electron chi connectivity index (χ0n) is 12.9. The van der Waals surface area contributed by atoms with Crippen LogP contribution in [-0.4, -0.2) is 37.1 Å². The maximum atomic E-state index is 13.3. The molecule has 0 spiro atoms. The van der Waals surface area contributed by atoms with Gasteiger partial charge in [-0.05, 0) is 49.3 Å². The Bertz CT molecular complexity index is 756. The van der Waals surface area contributed by atoms with Crippen molar-refractivity contribution in [2.75, 3.05) is 0 Å². The Morgan fingerprint density at radius 3 is 2.08 bits per heavy atom. The van der Waals surface area contributed by atoms with Gasteiger partial charge in [-0.2, -0.15) is 0 Å². The third-order valence-electron chi connectivity index (χ3n) is 4.54.